The number of aromatic nitrogens is 2. The Morgan fingerprint density at radius 3 is 1.93 bits per heavy atom. The molecule has 2 atom stereocenters. The van der Waals surface area contributed by atoms with Crippen LogP contribution in [0.25, 0.3) is 21.8 Å². The van der Waals surface area contributed by atoms with Crippen LogP contribution in [0, 0.1) is 51.7 Å². The number of para-hydroxylation sites is 2. The summed E-state index contributed by atoms with van der Waals surface area (Å²) in [6.45, 7) is 19.7. The van der Waals surface area contributed by atoms with Crippen LogP contribution in [0.2, 0.25) is 0 Å². The first-order valence-corrected chi connectivity index (χ1v) is 20.8. The quantitative estimate of drug-likeness (QED) is 0.0921. The number of amides is 1. The molecule has 0 aliphatic carbocycles. The third kappa shape index (κ3) is 6.24. The number of nitro benzene ring substituents is 1. The number of anilines is 1. The highest BCUT2D eigenvalue weighted by Crippen LogP contribution is 2.47. The van der Waals surface area contributed by atoms with Crippen molar-refractivity contribution < 1.29 is 19.2 Å². The van der Waals surface area contributed by atoms with E-state index >= 15 is 0 Å². The van der Waals surface area contributed by atoms with Gasteiger partial charge in [0.1, 0.15) is 17.1 Å². The van der Waals surface area contributed by atoms with Crippen molar-refractivity contribution in [3.05, 3.63) is 126 Å². The zero-order chi connectivity index (χ0) is 41.7. The Kier molecular flexibility index (Phi) is 9.12. The molecule has 4 aliphatic heterocycles. The van der Waals surface area contributed by atoms with Crippen LogP contribution in [0.3, 0.4) is 0 Å². The SMILES string of the molecule is Cc1c(C)c([N+](=O)[O-])c(C)c2c1OC(C)(CN1CCc3c([nH]c4ccccc34)C1)C2.Cc1c(C)c2c(c(C)c1N)CC(C)(C(=O)N1CCc3c([nH]c4ccccc34)C1)O2. The highest BCUT2D eigenvalue weighted by atomic mass is 16.6. The van der Waals surface area contributed by atoms with E-state index in [0.717, 1.165) is 99.8 Å². The second kappa shape index (κ2) is 13.9. The normalized spacial score (nSPS) is 20.6. The average Bonchev–Trinajstić information content (AvgIpc) is 3.98. The minimum atomic E-state index is -0.887. The Morgan fingerprint density at radius 1 is 0.729 bits per heavy atom. The number of nitrogens with one attached hydrogen (secondary N) is 2. The largest absolute Gasteiger partial charge is 0.485 e. The fourth-order valence-electron chi connectivity index (χ4n) is 10.4. The number of nitrogens with two attached hydrogens (primary N) is 1. The molecule has 2 aromatic heterocycles. The third-order valence-corrected chi connectivity index (χ3v) is 13.8. The first-order chi connectivity index (χ1) is 28.1. The number of hydrogen-bond acceptors (Lipinski definition) is 7. The van der Waals surface area contributed by atoms with Crippen LogP contribution in [0.15, 0.2) is 48.5 Å². The number of H-pyrrole nitrogens is 2. The summed E-state index contributed by atoms with van der Waals surface area (Å²) in [5, 5.41) is 14.2. The van der Waals surface area contributed by atoms with Gasteiger partial charge in [0.15, 0.2) is 5.60 Å². The Hall–Kier alpha value is -5.81. The number of fused-ring (bicyclic) bond motifs is 8. The summed E-state index contributed by atoms with van der Waals surface area (Å²) >= 11 is 0. The number of benzene rings is 4. The number of nitrogen functional groups attached to an aromatic ring is 1. The molecular formula is C48H54N6O5. The number of carbonyl (C=O) groups excluding carboxylic acids is 1. The maximum Gasteiger partial charge on any atom is 0.275 e. The van der Waals surface area contributed by atoms with Gasteiger partial charge in [-0.15, -0.1) is 0 Å². The second-order valence-corrected chi connectivity index (χ2v) is 17.8. The predicted octanol–water partition coefficient (Wildman–Crippen LogP) is 8.71. The van der Waals surface area contributed by atoms with Crippen molar-refractivity contribution in [1.29, 1.82) is 0 Å². The van der Waals surface area contributed by atoms with Gasteiger partial charge in [0.05, 0.1) is 11.5 Å². The zero-order valence-electron chi connectivity index (χ0n) is 35.4. The molecule has 4 aromatic carbocycles. The van der Waals surface area contributed by atoms with E-state index in [-0.39, 0.29) is 22.1 Å². The summed E-state index contributed by atoms with van der Waals surface area (Å²) < 4.78 is 12.8. The van der Waals surface area contributed by atoms with Gasteiger partial charge in [-0.3, -0.25) is 19.8 Å². The molecule has 10 rings (SSSR count). The minimum absolute atomic E-state index is 0.0491. The van der Waals surface area contributed by atoms with E-state index in [1.165, 1.54) is 33.1 Å². The lowest BCUT2D eigenvalue weighted by molar-refractivity contribution is -0.386. The van der Waals surface area contributed by atoms with Crippen molar-refractivity contribution in [2.45, 2.75) is 105 Å². The lowest BCUT2D eigenvalue weighted by Gasteiger charge is -2.34. The number of rotatable bonds is 4. The summed E-state index contributed by atoms with van der Waals surface area (Å²) in [7, 11) is 0. The maximum atomic E-state index is 13.6. The molecule has 4 aliphatic rings. The first kappa shape index (κ1) is 38.7. The Balaban J connectivity index is 0.000000152. The summed E-state index contributed by atoms with van der Waals surface area (Å²) in [4.78, 5) is 36.4. The van der Waals surface area contributed by atoms with Crippen molar-refractivity contribution in [2.24, 2.45) is 0 Å². The van der Waals surface area contributed by atoms with Crippen molar-refractivity contribution in [2.75, 3.05) is 25.4 Å². The Bertz CT molecular complexity index is 2710. The smallest absolute Gasteiger partial charge is 0.275 e. The van der Waals surface area contributed by atoms with Crippen LogP contribution in [0.1, 0.15) is 80.9 Å². The van der Waals surface area contributed by atoms with Gasteiger partial charge in [-0.2, -0.15) is 0 Å². The number of hydrogen-bond donors (Lipinski definition) is 3. The van der Waals surface area contributed by atoms with Gasteiger partial charge in [0.25, 0.3) is 11.6 Å². The van der Waals surface area contributed by atoms with E-state index in [1.807, 2.05) is 59.4 Å². The van der Waals surface area contributed by atoms with E-state index in [9.17, 15) is 14.9 Å². The second-order valence-electron chi connectivity index (χ2n) is 17.8. The predicted molar refractivity (Wildman–Crippen MR) is 233 cm³/mol. The monoisotopic (exact) mass is 794 g/mol. The number of nitro groups is 1. The third-order valence-electron chi connectivity index (χ3n) is 13.8. The van der Waals surface area contributed by atoms with Crippen LogP contribution >= 0.6 is 0 Å². The number of carbonyl (C=O) groups is 1. The molecule has 6 heterocycles. The Morgan fingerprint density at radius 2 is 1.29 bits per heavy atom. The molecule has 11 heteroatoms. The van der Waals surface area contributed by atoms with Crippen molar-refractivity contribution in [3.63, 3.8) is 0 Å². The van der Waals surface area contributed by atoms with Gasteiger partial charge in [-0.25, -0.2) is 0 Å². The lowest BCUT2D eigenvalue weighted by atomic mass is 9.91. The molecule has 306 valence electrons. The molecule has 2 unspecified atom stereocenters. The summed E-state index contributed by atoms with van der Waals surface area (Å²) in [5.74, 6) is 1.74. The van der Waals surface area contributed by atoms with Crippen LogP contribution in [0.5, 0.6) is 11.5 Å². The van der Waals surface area contributed by atoms with E-state index in [4.69, 9.17) is 15.2 Å². The van der Waals surface area contributed by atoms with Gasteiger partial charge >= 0.3 is 0 Å². The summed E-state index contributed by atoms with van der Waals surface area (Å²) in [5.41, 5.74) is 21.1. The molecule has 0 spiro atoms. The van der Waals surface area contributed by atoms with Gasteiger partial charge < -0.3 is 30.1 Å². The van der Waals surface area contributed by atoms with E-state index in [1.54, 1.807) is 0 Å². The molecule has 0 saturated carbocycles. The topological polar surface area (TPSA) is 143 Å². The fourth-order valence-corrected chi connectivity index (χ4v) is 10.4. The molecule has 4 N–H and O–H groups in total. The number of aromatic amines is 2. The lowest BCUT2D eigenvalue weighted by Crippen LogP contribution is -2.51. The van der Waals surface area contributed by atoms with E-state index in [2.05, 4.69) is 64.3 Å². The van der Waals surface area contributed by atoms with Crippen molar-refractivity contribution in [1.82, 2.24) is 19.8 Å². The van der Waals surface area contributed by atoms with Crippen LogP contribution in [-0.4, -0.2) is 61.4 Å². The number of ether oxygens (including phenoxy) is 2. The van der Waals surface area contributed by atoms with Gasteiger partial charge in [0, 0.05) is 106 Å². The maximum absolute atomic E-state index is 13.6. The Labute approximate surface area is 345 Å². The first-order valence-electron chi connectivity index (χ1n) is 20.8. The van der Waals surface area contributed by atoms with E-state index < -0.39 is 5.60 Å². The molecule has 0 bridgehead atoms. The molecule has 1 amide bonds. The fraction of sp³-hybridized carbons (Fsp3) is 0.396. The van der Waals surface area contributed by atoms with Crippen LogP contribution < -0.4 is 15.2 Å². The summed E-state index contributed by atoms with van der Waals surface area (Å²) in [6, 6.07) is 16.8. The molecule has 0 saturated heterocycles. The van der Waals surface area contributed by atoms with Crippen molar-refractivity contribution >= 4 is 39.1 Å². The van der Waals surface area contributed by atoms with Gasteiger partial charge in [0.2, 0.25) is 0 Å². The molecular weight excluding hydrogens is 741 g/mol. The minimum Gasteiger partial charge on any atom is -0.485 e. The molecule has 11 nitrogen and oxygen atoms in total. The highest BCUT2D eigenvalue weighted by molar-refractivity contribution is 5.89. The van der Waals surface area contributed by atoms with Crippen molar-refractivity contribution in [3.8, 4) is 11.5 Å². The van der Waals surface area contributed by atoms with Gasteiger partial charge in [-0.05, 0) is 108 Å². The standard InChI is InChI=1S/C24H27N3O3.C24H27N3O2/c1-14-15(2)23-19(16(3)22(14)27(28)29)11-24(4,30-23)13-26-10-9-18-17-7-5-6-8-20(17)25-21(18)12-26;1-13-14(2)22-18(15(3)21(13)25)11-24(4,29-22)23(28)27-10-9-17-16-7-5-6-8-19(16)26-20(17)12-27/h5-8,25H,9-13H2,1-4H3;5-8,26H,9-12,25H2,1-4H3. The van der Waals surface area contributed by atoms with E-state index in [0.29, 0.717) is 31.5 Å². The van der Waals surface area contributed by atoms with Gasteiger partial charge in [-0.1, -0.05) is 36.4 Å². The average molecular weight is 795 g/mol. The van der Waals surface area contributed by atoms with Crippen LogP contribution in [-0.2, 0) is 43.6 Å². The molecule has 0 fully saturated rings. The highest BCUT2D eigenvalue weighted by Gasteiger charge is 2.47. The molecule has 59 heavy (non-hydrogen) atoms. The summed E-state index contributed by atoms with van der Waals surface area (Å²) in [6.07, 6.45) is 3.14. The molecule has 0 radical (unpaired) electrons. The molecule has 6 aromatic rings. The zero-order valence-corrected chi connectivity index (χ0v) is 35.4. The number of nitrogens with zero attached hydrogens (tertiary/aromatic N) is 3. The van der Waals surface area contributed by atoms with Crippen LogP contribution in [0.4, 0.5) is 11.4 Å².